The minimum Gasteiger partial charge on any atom is -0.309 e. The fraction of sp³-hybridized carbons (Fsp3) is 0.0657. The lowest BCUT2D eigenvalue weighted by atomic mass is 9.82. The second kappa shape index (κ2) is 29.5. The van der Waals surface area contributed by atoms with Crippen LogP contribution in [0.1, 0.15) is 74.9 Å². The first kappa shape index (κ1) is 80.9. The second-order valence-corrected chi connectivity index (χ2v) is 41.8. The molecule has 7 nitrogen and oxygen atoms in total. The van der Waals surface area contributed by atoms with Gasteiger partial charge < -0.3 is 22.8 Å². The van der Waals surface area contributed by atoms with Crippen molar-refractivity contribution in [3.8, 4) is 151 Å². The number of fused-ring (bicyclic) bond motifs is 27. The van der Waals surface area contributed by atoms with Gasteiger partial charge in [-0.15, -0.1) is 0 Å². The summed E-state index contributed by atoms with van der Waals surface area (Å²) in [5.74, 6) is 0.680. The summed E-state index contributed by atoms with van der Waals surface area (Å²) in [5.41, 5.74) is 49.7. The van der Waals surface area contributed by atoms with Crippen molar-refractivity contribution in [3.05, 3.63) is 476 Å². The molecule has 6 aromatic heterocycles. The van der Waals surface area contributed by atoms with E-state index in [0.717, 1.165) is 94.9 Å². The van der Waals surface area contributed by atoms with Crippen molar-refractivity contribution >= 4 is 120 Å². The molecule has 144 heavy (non-hydrogen) atoms. The minimum absolute atomic E-state index is 0.108. The third kappa shape index (κ3) is 11.3. The lowest BCUT2D eigenvalue weighted by molar-refractivity contribution is 0.660. The van der Waals surface area contributed by atoms with Crippen LogP contribution in [0.5, 0.6) is 0 Å². The topological polar surface area (TPSA) is 50.4 Å². The summed E-state index contributed by atoms with van der Waals surface area (Å²) in [6.45, 7) is 14.2. The van der Waals surface area contributed by atoms with Crippen molar-refractivity contribution in [2.45, 2.75) is 57.8 Å². The number of para-hydroxylation sites is 4. The zero-order valence-electron chi connectivity index (χ0n) is 80.3. The smallest absolute Gasteiger partial charge is 0.160 e. The Hall–Kier alpha value is -18.0. The number of rotatable bonds is 11. The van der Waals surface area contributed by atoms with Gasteiger partial charge in [-0.25, -0.2) is 9.97 Å². The number of benzene rings is 21. The van der Waals surface area contributed by atoms with Gasteiger partial charge in [0.05, 0.1) is 66.6 Å². The lowest BCUT2D eigenvalue weighted by Gasteiger charge is -2.22. The summed E-state index contributed by atoms with van der Waals surface area (Å²) < 4.78 is 12.3. The molecule has 7 heteroatoms. The van der Waals surface area contributed by atoms with E-state index in [1.807, 2.05) is 0 Å². The molecule has 0 bridgehead atoms. The first-order valence-electron chi connectivity index (χ1n) is 50.4. The summed E-state index contributed by atoms with van der Waals surface area (Å²) in [5, 5.41) is 14.5. The van der Waals surface area contributed by atoms with Crippen molar-refractivity contribution in [2.75, 3.05) is 0 Å². The Bertz CT molecular complexity index is 10100. The Morgan fingerprint density at radius 2 is 0.424 bits per heavy atom. The molecule has 21 aromatic carbocycles. The maximum absolute atomic E-state index is 5.67. The fourth-order valence-corrected chi connectivity index (χ4v) is 26.3. The molecule has 6 heterocycles. The predicted octanol–water partition coefficient (Wildman–Crippen LogP) is 35.7. The molecule has 27 aromatic rings. The van der Waals surface area contributed by atoms with Crippen molar-refractivity contribution < 1.29 is 0 Å². The SMILES string of the molecule is CC1(C)c2ccccc2-c2ccc(-n3c4ccccc4c4cc(-c5ccc6c(c5)c5ccccc5n6-c5ccc(-c6nc(-c7ccccc7)c7c(n6)-c6cccc8c(-c9ccc(-n%10c%11ccc(-c%12ccc%13c(c%12)c%12ccccc%12n%13-c%12ccc%13c(c%12)C(C)(C)c%12ccccc%12-%13)cc%11c%11cc(-c%12ccc%13c(c%12)c%12ccccc%12n%13-c%12ccc%13c(c%12)C(C)(C)c%12ccccc%12-%13)ccc%11%10)cc9)ccc-7c68)cc5)ccc43)cc21. The molecule has 0 N–H and O–H groups in total. The van der Waals surface area contributed by atoms with Gasteiger partial charge >= 0.3 is 0 Å². The van der Waals surface area contributed by atoms with Gasteiger partial charge in [-0.1, -0.05) is 315 Å². The molecule has 0 radical (unpaired) electrons. The average molecular weight is 1840 g/mol. The summed E-state index contributed by atoms with van der Waals surface area (Å²) in [6, 6.07) is 167. The molecular weight excluding hydrogens is 1740 g/mol. The van der Waals surface area contributed by atoms with Crippen molar-refractivity contribution in [1.82, 2.24) is 32.8 Å². The number of hydrogen-bond acceptors (Lipinski definition) is 2. The van der Waals surface area contributed by atoms with Crippen LogP contribution in [0.4, 0.5) is 0 Å². The van der Waals surface area contributed by atoms with Crippen LogP contribution in [-0.4, -0.2) is 32.8 Å². The van der Waals surface area contributed by atoms with E-state index in [4.69, 9.17) is 9.97 Å². The maximum atomic E-state index is 5.67. The Labute approximate surface area is 832 Å². The van der Waals surface area contributed by atoms with Crippen molar-refractivity contribution in [1.29, 1.82) is 0 Å². The van der Waals surface area contributed by atoms with E-state index in [1.54, 1.807) is 0 Å². The molecule has 0 unspecified atom stereocenters. The minimum atomic E-state index is -0.131. The molecule has 4 aliphatic carbocycles. The van der Waals surface area contributed by atoms with Crippen molar-refractivity contribution in [2.24, 2.45) is 0 Å². The highest BCUT2D eigenvalue weighted by Gasteiger charge is 2.40. The largest absolute Gasteiger partial charge is 0.309 e. The Morgan fingerprint density at radius 1 is 0.160 bits per heavy atom. The van der Waals surface area contributed by atoms with Gasteiger partial charge in [-0.3, -0.25) is 0 Å². The van der Waals surface area contributed by atoms with Crippen LogP contribution >= 0.6 is 0 Å². The molecule has 0 atom stereocenters. The van der Waals surface area contributed by atoms with Gasteiger partial charge in [-0.2, -0.15) is 0 Å². The highest BCUT2D eigenvalue weighted by atomic mass is 15.0. The van der Waals surface area contributed by atoms with Crippen LogP contribution in [0.3, 0.4) is 0 Å². The van der Waals surface area contributed by atoms with Gasteiger partial charge in [0.1, 0.15) is 0 Å². The van der Waals surface area contributed by atoms with E-state index in [2.05, 4.69) is 507 Å². The van der Waals surface area contributed by atoms with Crippen LogP contribution in [-0.2, 0) is 16.2 Å². The molecule has 674 valence electrons. The van der Waals surface area contributed by atoms with Gasteiger partial charge in [0.2, 0.25) is 0 Å². The van der Waals surface area contributed by atoms with E-state index >= 15 is 0 Å². The van der Waals surface area contributed by atoms with Gasteiger partial charge in [0.25, 0.3) is 0 Å². The Balaban J connectivity index is 0.493. The monoisotopic (exact) mass is 1830 g/mol. The lowest BCUT2D eigenvalue weighted by Crippen LogP contribution is -2.15. The molecule has 0 amide bonds. The van der Waals surface area contributed by atoms with E-state index in [0.29, 0.717) is 5.82 Å². The summed E-state index contributed by atoms with van der Waals surface area (Å²) >= 11 is 0. The zero-order valence-corrected chi connectivity index (χ0v) is 80.3. The summed E-state index contributed by atoms with van der Waals surface area (Å²) in [7, 11) is 0. The second-order valence-electron chi connectivity index (χ2n) is 41.8. The molecule has 0 fully saturated rings. The Kier molecular flexibility index (Phi) is 16.6. The first-order valence-corrected chi connectivity index (χ1v) is 50.4. The standard InChI is InChI=1S/C137H91N7/c1-135(2)114-36-17-10-27-95(114)98-60-57-91(77-117(98)135)142-121-40-21-14-31-102(121)109-72-84(48-66-125(109)142)83-47-65-124-108(71-83)101-30-13-20-39-120(101)140(124)90-55-45-82(46-56-90)134-138-132(81-25-8-7-9-26-81)131-106-64-63-94(105-34-24-35-107(130(105)106)133(131)139-134)80-43-53-89(54-44-80)141-128-69-51-87(85-49-67-126-110(73-85)103-32-15-22-41-122(103)143(126)92-58-61-99-96-28-11-18-37-115(96)136(3,4)118(99)78-92)75-112(128)113-76-88(52-70-129(113)141)86-50-68-127-111(74-86)104-33-16-23-42-123(104)144(127)93-59-62-100-97-29-12-19-38-116(97)137(5,6)119(100)79-93/h7-79H,1-6H3. The third-order valence-corrected chi connectivity index (χ3v) is 33.3. The van der Waals surface area contributed by atoms with Crippen LogP contribution in [0.2, 0.25) is 0 Å². The van der Waals surface area contributed by atoms with Gasteiger partial charge in [-0.05, 0) is 297 Å². The fourth-order valence-electron chi connectivity index (χ4n) is 26.3. The Morgan fingerprint density at radius 3 is 0.799 bits per heavy atom. The third-order valence-electron chi connectivity index (χ3n) is 33.3. The summed E-state index contributed by atoms with van der Waals surface area (Å²) in [6.07, 6.45) is 0. The zero-order chi connectivity index (χ0) is 95.2. The van der Waals surface area contributed by atoms with Crippen LogP contribution in [0.15, 0.2) is 443 Å². The first-order chi connectivity index (χ1) is 70.7. The molecule has 4 aliphatic rings. The molecule has 0 aliphatic heterocycles. The molecule has 31 rings (SSSR count). The van der Waals surface area contributed by atoms with E-state index in [1.165, 1.54) is 204 Å². The molecule has 0 saturated heterocycles. The van der Waals surface area contributed by atoms with Crippen LogP contribution in [0, 0.1) is 0 Å². The summed E-state index contributed by atoms with van der Waals surface area (Å²) in [4.78, 5) is 11.3. The van der Waals surface area contributed by atoms with Crippen molar-refractivity contribution in [3.63, 3.8) is 0 Å². The van der Waals surface area contributed by atoms with E-state index < -0.39 is 0 Å². The van der Waals surface area contributed by atoms with E-state index in [9.17, 15) is 0 Å². The number of hydrogen-bond donors (Lipinski definition) is 0. The highest BCUT2D eigenvalue weighted by molar-refractivity contribution is 6.22. The van der Waals surface area contributed by atoms with E-state index in [-0.39, 0.29) is 16.2 Å². The predicted molar refractivity (Wildman–Crippen MR) is 601 cm³/mol. The highest BCUT2D eigenvalue weighted by Crippen LogP contribution is 2.57. The van der Waals surface area contributed by atoms with Crippen LogP contribution < -0.4 is 0 Å². The van der Waals surface area contributed by atoms with Gasteiger partial charge in [0, 0.05) is 121 Å². The normalized spacial score (nSPS) is 13.8. The molecular formula is C137H91N7. The van der Waals surface area contributed by atoms with Crippen LogP contribution in [0.25, 0.3) is 271 Å². The maximum Gasteiger partial charge on any atom is 0.160 e. The number of aromatic nitrogens is 7. The average Bonchev–Trinajstić information content (AvgIpc) is 1.56. The number of nitrogens with zero attached hydrogens (tertiary/aromatic N) is 7. The molecule has 0 spiro atoms. The van der Waals surface area contributed by atoms with Gasteiger partial charge in [0.15, 0.2) is 5.82 Å². The molecule has 0 saturated carbocycles. The quantitative estimate of drug-likeness (QED) is 0.130.